The number of hydrogen-bond acceptors (Lipinski definition) is 2. The maximum Gasteiger partial charge on any atom is 0.0759 e. The van der Waals surface area contributed by atoms with Crippen molar-refractivity contribution in [1.82, 2.24) is 9.97 Å². The molecule has 2 aromatic heterocycles. The highest BCUT2D eigenvalue weighted by molar-refractivity contribution is 6.02. The summed E-state index contributed by atoms with van der Waals surface area (Å²) in [4.78, 5) is 9.75. The Labute approximate surface area is 217 Å². The second-order valence-electron chi connectivity index (χ2n) is 10.3. The van der Waals surface area contributed by atoms with Crippen molar-refractivity contribution in [2.24, 2.45) is 0 Å². The fraction of sp³-hybridized carbons (Fsp3) is 0.0857. The summed E-state index contributed by atoms with van der Waals surface area (Å²) in [7, 11) is 0. The fourth-order valence-corrected chi connectivity index (χ4v) is 5.93. The smallest absolute Gasteiger partial charge is 0.0759 e. The molecule has 4 aromatic carbocycles. The van der Waals surface area contributed by atoms with Gasteiger partial charge in [-0.05, 0) is 63.7 Å². The van der Waals surface area contributed by atoms with E-state index in [0.29, 0.717) is 0 Å². The van der Waals surface area contributed by atoms with Crippen molar-refractivity contribution in [2.75, 3.05) is 0 Å². The van der Waals surface area contributed by atoms with Gasteiger partial charge in [0.15, 0.2) is 0 Å². The molecule has 0 radical (unpaired) electrons. The lowest BCUT2D eigenvalue weighted by Gasteiger charge is -2.25. The highest BCUT2D eigenvalue weighted by Gasteiger charge is 2.39. The van der Waals surface area contributed by atoms with E-state index in [9.17, 15) is 0 Å². The summed E-state index contributed by atoms with van der Waals surface area (Å²) in [5, 5.41) is 1.20. The molecule has 7 rings (SSSR count). The van der Waals surface area contributed by atoms with Gasteiger partial charge in [-0.15, -0.1) is 0 Å². The lowest BCUT2D eigenvalue weighted by molar-refractivity contribution is 0.662. The Bertz CT molecular complexity index is 1800. The zero-order valence-electron chi connectivity index (χ0n) is 20.9. The molecule has 2 heterocycles. The van der Waals surface area contributed by atoms with Crippen molar-refractivity contribution in [1.29, 1.82) is 0 Å². The zero-order chi connectivity index (χ0) is 25.0. The summed E-state index contributed by atoms with van der Waals surface area (Å²) < 4.78 is 0. The Morgan fingerprint density at radius 3 is 2.08 bits per heavy atom. The molecule has 0 aliphatic heterocycles. The van der Waals surface area contributed by atoms with Gasteiger partial charge in [-0.2, -0.15) is 0 Å². The maximum atomic E-state index is 5.20. The van der Waals surface area contributed by atoms with E-state index in [1.165, 1.54) is 44.3 Å². The second kappa shape index (κ2) is 8.25. The molecule has 0 N–H and O–H groups in total. The number of para-hydroxylation sites is 1. The van der Waals surface area contributed by atoms with Gasteiger partial charge in [0, 0.05) is 28.1 Å². The average molecular weight is 475 g/mol. The highest BCUT2D eigenvalue weighted by Crippen LogP contribution is 2.53. The van der Waals surface area contributed by atoms with Crippen LogP contribution in [0.4, 0.5) is 0 Å². The lowest BCUT2D eigenvalue weighted by Crippen LogP contribution is -2.16. The summed E-state index contributed by atoms with van der Waals surface area (Å²) in [6.07, 6.45) is 1.84. The molecule has 6 aromatic rings. The summed E-state index contributed by atoms with van der Waals surface area (Å²) in [5.41, 5.74) is 12.9. The fourth-order valence-electron chi connectivity index (χ4n) is 5.93. The van der Waals surface area contributed by atoms with Crippen LogP contribution in [-0.2, 0) is 5.41 Å². The third-order valence-corrected chi connectivity index (χ3v) is 7.68. The molecule has 0 bridgehead atoms. The van der Waals surface area contributed by atoms with Gasteiger partial charge in [0.25, 0.3) is 0 Å². The van der Waals surface area contributed by atoms with Crippen LogP contribution < -0.4 is 0 Å². The Kier molecular flexibility index (Phi) is 4.84. The van der Waals surface area contributed by atoms with Gasteiger partial charge in [0.05, 0.1) is 16.9 Å². The number of aromatic nitrogens is 2. The van der Waals surface area contributed by atoms with Crippen LogP contribution in [0.15, 0.2) is 121 Å². The van der Waals surface area contributed by atoms with Crippen LogP contribution in [0.5, 0.6) is 0 Å². The molecule has 0 atom stereocenters. The van der Waals surface area contributed by atoms with Crippen molar-refractivity contribution in [3.8, 4) is 44.8 Å². The molecular formula is C35H26N2. The first kappa shape index (κ1) is 21.7. The summed E-state index contributed by atoms with van der Waals surface area (Å²) in [6.45, 7) is 4.66. The predicted molar refractivity (Wildman–Crippen MR) is 153 cm³/mol. The van der Waals surface area contributed by atoms with E-state index < -0.39 is 0 Å². The third kappa shape index (κ3) is 3.41. The van der Waals surface area contributed by atoms with Crippen molar-refractivity contribution in [3.63, 3.8) is 0 Å². The van der Waals surface area contributed by atoms with Gasteiger partial charge in [0.1, 0.15) is 0 Å². The average Bonchev–Trinajstić information content (AvgIpc) is 3.19. The van der Waals surface area contributed by atoms with Gasteiger partial charge < -0.3 is 0 Å². The molecular weight excluding hydrogens is 448 g/mol. The minimum Gasteiger partial charge on any atom is -0.256 e. The monoisotopic (exact) mass is 474 g/mol. The van der Waals surface area contributed by atoms with Gasteiger partial charge in [-0.3, -0.25) is 4.98 Å². The summed E-state index contributed by atoms with van der Waals surface area (Å²) >= 11 is 0. The highest BCUT2D eigenvalue weighted by atomic mass is 14.7. The van der Waals surface area contributed by atoms with Crippen LogP contribution in [0.2, 0.25) is 0 Å². The molecule has 2 heteroatoms. The standard InChI is InChI=1S/C35H26N2/c1-35(2)29-17-5-3-15-27(29)34-33(35)32(28-16-4-6-19-31(28)37-34)26-14-10-12-24(22-26)23-11-9-13-25(21-23)30-18-7-8-20-36-30/h3-22H,1-2H3. The Hall–Kier alpha value is -4.56. The topological polar surface area (TPSA) is 25.8 Å². The van der Waals surface area contributed by atoms with E-state index in [0.717, 1.165) is 22.5 Å². The molecule has 1 aliphatic carbocycles. The van der Waals surface area contributed by atoms with Crippen molar-refractivity contribution < 1.29 is 0 Å². The van der Waals surface area contributed by atoms with Gasteiger partial charge >= 0.3 is 0 Å². The minimum atomic E-state index is -0.146. The van der Waals surface area contributed by atoms with E-state index in [1.54, 1.807) is 0 Å². The van der Waals surface area contributed by atoms with E-state index in [2.05, 4.69) is 122 Å². The predicted octanol–water partition coefficient (Wildman–Crippen LogP) is 8.94. The van der Waals surface area contributed by atoms with Crippen molar-refractivity contribution >= 4 is 10.9 Å². The Morgan fingerprint density at radius 1 is 0.595 bits per heavy atom. The molecule has 0 saturated carbocycles. The molecule has 0 amide bonds. The molecule has 1 aliphatic rings. The molecule has 176 valence electrons. The zero-order valence-corrected chi connectivity index (χ0v) is 20.9. The second-order valence-corrected chi connectivity index (χ2v) is 10.3. The van der Waals surface area contributed by atoms with Crippen LogP contribution in [0.25, 0.3) is 55.7 Å². The number of fused-ring (bicyclic) bond motifs is 4. The molecule has 0 spiro atoms. The first-order chi connectivity index (χ1) is 18.1. The van der Waals surface area contributed by atoms with Gasteiger partial charge in [-0.25, -0.2) is 4.98 Å². The summed E-state index contributed by atoms with van der Waals surface area (Å²) in [5.74, 6) is 0. The maximum absolute atomic E-state index is 5.20. The number of hydrogen-bond donors (Lipinski definition) is 0. The number of rotatable bonds is 3. The first-order valence-corrected chi connectivity index (χ1v) is 12.8. The first-order valence-electron chi connectivity index (χ1n) is 12.8. The van der Waals surface area contributed by atoms with E-state index in [4.69, 9.17) is 4.98 Å². The van der Waals surface area contributed by atoms with Crippen LogP contribution in [0, 0.1) is 0 Å². The molecule has 0 saturated heterocycles. The molecule has 0 fully saturated rings. The third-order valence-electron chi connectivity index (χ3n) is 7.68. The normalized spacial score (nSPS) is 13.4. The van der Waals surface area contributed by atoms with Crippen molar-refractivity contribution in [3.05, 3.63) is 133 Å². The van der Waals surface area contributed by atoms with Crippen LogP contribution >= 0.6 is 0 Å². The quantitative estimate of drug-likeness (QED) is 0.256. The molecule has 0 unspecified atom stereocenters. The lowest BCUT2D eigenvalue weighted by atomic mass is 9.78. The number of benzene rings is 4. The SMILES string of the molecule is CC1(C)c2ccccc2-c2nc3ccccc3c(-c3cccc(-c4cccc(-c5ccccn5)c4)c3)c21. The van der Waals surface area contributed by atoms with Crippen LogP contribution in [-0.4, -0.2) is 9.97 Å². The number of nitrogens with zero attached hydrogens (tertiary/aromatic N) is 2. The van der Waals surface area contributed by atoms with E-state index in [-0.39, 0.29) is 5.41 Å². The minimum absolute atomic E-state index is 0.146. The van der Waals surface area contributed by atoms with Gasteiger partial charge in [0.2, 0.25) is 0 Å². The van der Waals surface area contributed by atoms with Crippen LogP contribution in [0.1, 0.15) is 25.0 Å². The van der Waals surface area contributed by atoms with E-state index >= 15 is 0 Å². The van der Waals surface area contributed by atoms with Crippen LogP contribution in [0.3, 0.4) is 0 Å². The molecule has 37 heavy (non-hydrogen) atoms. The van der Waals surface area contributed by atoms with Crippen molar-refractivity contribution in [2.45, 2.75) is 19.3 Å². The Balaban J connectivity index is 1.46. The largest absolute Gasteiger partial charge is 0.256 e. The Morgan fingerprint density at radius 2 is 1.27 bits per heavy atom. The van der Waals surface area contributed by atoms with Gasteiger partial charge in [-0.1, -0.05) is 98.8 Å². The molecule has 2 nitrogen and oxygen atoms in total. The van der Waals surface area contributed by atoms with E-state index in [1.807, 2.05) is 18.3 Å². The summed E-state index contributed by atoms with van der Waals surface area (Å²) in [6, 6.07) is 40.9. The number of pyridine rings is 2.